The van der Waals surface area contributed by atoms with E-state index in [1.165, 1.54) is 0 Å². The Morgan fingerprint density at radius 1 is 1.26 bits per heavy atom. The summed E-state index contributed by atoms with van der Waals surface area (Å²) in [5.74, 6) is -1.44. The van der Waals surface area contributed by atoms with Gasteiger partial charge in [0.2, 0.25) is 0 Å². The van der Waals surface area contributed by atoms with Gasteiger partial charge in [0.25, 0.3) is 5.91 Å². The number of carbonyl (C=O) groups excluding carboxylic acids is 1. The highest BCUT2D eigenvalue weighted by molar-refractivity contribution is 6.39. The summed E-state index contributed by atoms with van der Waals surface area (Å²) in [6.45, 7) is 3.67. The molecule has 0 aromatic heterocycles. The molecule has 4 nitrogen and oxygen atoms in total. The molecular formula is C13H15Cl2NO3. The molecule has 0 aliphatic heterocycles. The van der Waals surface area contributed by atoms with E-state index in [0.717, 1.165) is 0 Å². The monoisotopic (exact) mass is 303 g/mol. The van der Waals surface area contributed by atoms with Gasteiger partial charge in [-0.3, -0.25) is 9.59 Å². The lowest BCUT2D eigenvalue weighted by Gasteiger charge is -2.21. The second-order valence-corrected chi connectivity index (χ2v) is 5.33. The third-order valence-electron chi connectivity index (χ3n) is 2.71. The molecule has 1 aromatic rings. The van der Waals surface area contributed by atoms with Crippen molar-refractivity contribution in [3.05, 3.63) is 33.8 Å². The van der Waals surface area contributed by atoms with Gasteiger partial charge in [-0.1, -0.05) is 43.1 Å². The van der Waals surface area contributed by atoms with Crippen molar-refractivity contribution in [1.82, 2.24) is 5.32 Å². The first-order chi connectivity index (χ1) is 8.82. The van der Waals surface area contributed by atoms with E-state index in [4.69, 9.17) is 28.3 Å². The van der Waals surface area contributed by atoms with Gasteiger partial charge in [0.1, 0.15) is 0 Å². The van der Waals surface area contributed by atoms with Crippen LogP contribution in [-0.4, -0.2) is 23.0 Å². The molecule has 0 aliphatic carbocycles. The highest BCUT2D eigenvalue weighted by Crippen LogP contribution is 2.24. The van der Waals surface area contributed by atoms with Crippen molar-refractivity contribution in [2.45, 2.75) is 26.3 Å². The van der Waals surface area contributed by atoms with E-state index in [1.54, 1.807) is 18.2 Å². The van der Waals surface area contributed by atoms with Crippen LogP contribution in [0.1, 0.15) is 30.6 Å². The van der Waals surface area contributed by atoms with Crippen LogP contribution >= 0.6 is 23.2 Å². The number of nitrogens with one attached hydrogen (secondary N) is 1. The molecule has 1 amide bonds. The zero-order valence-corrected chi connectivity index (χ0v) is 12.1. The summed E-state index contributed by atoms with van der Waals surface area (Å²) in [7, 11) is 0. The minimum atomic E-state index is -0.968. The van der Waals surface area contributed by atoms with E-state index in [0.29, 0.717) is 0 Å². The molecule has 1 rings (SSSR count). The maximum atomic E-state index is 12.1. The number of hydrogen-bond donors (Lipinski definition) is 2. The Hall–Kier alpha value is -1.26. The van der Waals surface area contributed by atoms with Gasteiger partial charge in [-0.15, -0.1) is 0 Å². The van der Waals surface area contributed by atoms with Crippen LogP contribution in [0.5, 0.6) is 0 Å². The quantitative estimate of drug-likeness (QED) is 0.877. The van der Waals surface area contributed by atoms with Crippen LogP contribution < -0.4 is 5.32 Å². The molecule has 0 radical (unpaired) electrons. The molecule has 19 heavy (non-hydrogen) atoms. The van der Waals surface area contributed by atoms with Crippen LogP contribution in [-0.2, 0) is 4.79 Å². The summed E-state index contributed by atoms with van der Waals surface area (Å²) in [6, 6.07) is 4.28. The largest absolute Gasteiger partial charge is 0.481 e. The van der Waals surface area contributed by atoms with Crippen LogP contribution in [0.15, 0.2) is 18.2 Å². The number of benzene rings is 1. The van der Waals surface area contributed by atoms with E-state index in [-0.39, 0.29) is 27.9 Å². The van der Waals surface area contributed by atoms with E-state index >= 15 is 0 Å². The molecular weight excluding hydrogens is 289 g/mol. The number of carboxylic acids is 1. The lowest BCUT2D eigenvalue weighted by atomic mass is 10.0. The molecule has 1 aromatic carbocycles. The van der Waals surface area contributed by atoms with Gasteiger partial charge in [-0.05, 0) is 18.1 Å². The van der Waals surface area contributed by atoms with Crippen LogP contribution in [0.3, 0.4) is 0 Å². The fourth-order valence-corrected chi connectivity index (χ4v) is 2.17. The van der Waals surface area contributed by atoms with Gasteiger partial charge in [0, 0.05) is 6.04 Å². The Kier molecular flexibility index (Phi) is 5.63. The molecule has 1 atom stereocenters. The molecule has 6 heteroatoms. The first-order valence-electron chi connectivity index (χ1n) is 5.79. The lowest BCUT2D eigenvalue weighted by Crippen LogP contribution is -2.40. The highest BCUT2D eigenvalue weighted by Gasteiger charge is 2.22. The van der Waals surface area contributed by atoms with Gasteiger partial charge >= 0.3 is 5.97 Å². The van der Waals surface area contributed by atoms with Crippen molar-refractivity contribution >= 4 is 35.1 Å². The van der Waals surface area contributed by atoms with Crippen LogP contribution in [0.25, 0.3) is 0 Å². The number of carboxylic acid groups (broad SMARTS) is 1. The van der Waals surface area contributed by atoms with Crippen molar-refractivity contribution in [3.8, 4) is 0 Å². The zero-order chi connectivity index (χ0) is 14.6. The Labute approximate surface area is 121 Å². The summed E-state index contributed by atoms with van der Waals surface area (Å²) in [5, 5.41) is 12.0. The normalized spacial score (nSPS) is 12.3. The lowest BCUT2D eigenvalue weighted by molar-refractivity contribution is -0.137. The first-order valence-corrected chi connectivity index (χ1v) is 6.55. The molecule has 0 saturated carbocycles. The summed E-state index contributed by atoms with van der Waals surface area (Å²) in [5.41, 5.74) is 0.168. The first kappa shape index (κ1) is 15.8. The minimum absolute atomic E-state index is 0.0127. The second-order valence-electron chi connectivity index (χ2n) is 4.52. The maximum absolute atomic E-state index is 12.1. The smallest absolute Gasteiger partial charge is 0.305 e. The molecule has 0 bridgehead atoms. The van der Waals surface area contributed by atoms with E-state index in [9.17, 15) is 9.59 Å². The van der Waals surface area contributed by atoms with Crippen LogP contribution in [0.2, 0.25) is 10.0 Å². The zero-order valence-electron chi connectivity index (χ0n) is 10.6. The number of rotatable bonds is 5. The highest BCUT2D eigenvalue weighted by atomic mass is 35.5. The summed E-state index contributed by atoms with van der Waals surface area (Å²) < 4.78 is 0. The molecule has 0 heterocycles. The second kappa shape index (κ2) is 6.78. The minimum Gasteiger partial charge on any atom is -0.481 e. The predicted octanol–water partition coefficient (Wildman–Crippen LogP) is 3.22. The molecule has 104 valence electrons. The fraction of sp³-hybridized carbons (Fsp3) is 0.385. The van der Waals surface area contributed by atoms with E-state index < -0.39 is 17.9 Å². The van der Waals surface area contributed by atoms with Crippen molar-refractivity contribution in [1.29, 1.82) is 0 Å². The van der Waals surface area contributed by atoms with E-state index in [1.807, 2.05) is 13.8 Å². The fourth-order valence-electron chi connectivity index (χ4n) is 1.60. The maximum Gasteiger partial charge on any atom is 0.305 e. The van der Waals surface area contributed by atoms with Crippen LogP contribution in [0, 0.1) is 5.92 Å². The number of halogens is 2. The summed E-state index contributed by atoms with van der Waals surface area (Å²) in [6.07, 6.45) is -0.147. The summed E-state index contributed by atoms with van der Waals surface area (Å²) in [4.78, 5) is 22.9. The molecule has 1 unspecified atom stereocenters. The Bertz CT molecular complexity index is 469. The molecule has 0 spiro atoms. The van der Waals surface area contributed by atoms with Crippen LogP contribution in [0.4, 0.5) is 0 Å². The summed E-state index contributed by atoms with van der Waals surface area (Å²) >= 11 is 11.9. The predicted molar refractivity (Wildman–Crippen MR) is 74.8 cm³/mol. The van der Waals surface area contributed by atoms with Crippen molar-refractivity contribution in [2.75, 3.05) is 0 Å². The van der Waals surface area contributed by atoms with Gasteiger partial charge in [-0.25, -0.2) is 0 Å². The molecule has 0 aliphatic rings. The number of amides is 1. The number of aliphatic carboxylic acids is 1. The average Bonchev–Trinajstić information content (AvgIpc) is 2.27. The SMILES string of the molecule is CC(C)C(CC(=O)O)NC(=O)c1c(Cl)cccc1Cl. The van der Waals surface area contributed by atoms with E-state index in [2.05, 4.69) is 5.32 Å². The van der Waals surface area contributed by atoms with Gasteiger partial charge in [0.15, 0.2) is 0 Å². The average molecular weight is 304 g/mol. The standard InChI is InChI=1S/C13H15Cl2NO3/c1-7(2)10(6-11(17)18)16-13(19)12-8(14)4-3-5-9(12)15/h3-5,7,10H,6H2,1-2H3,(H,16,19)(H,17,18). The van der Waals surface area contributed by atoms with Gasteiger partial charge in [0.05, 0.1) is 22.0 Å². The van der Waals surface area contributed by atoms with Gasteiger partial charge in [-0.2, -0.15) is 0 Å². The third kappa shape index (κ3) is 4.40. The molecule has 0 saturated heterocycles. The molecule has 0 fully saturated rings. The Morgan fingerprint density at radius 3 is 2.21 bits per heavy atom. The Morgan fingerprint density at radius 2 is 1.79 bits per heavy atom. The molecule has 2 N–H and O–H groups in total. The Balaban J connectivity index is 2.91. The van der Waals surface area contributed by atoms with Crippen molar-refractivity contribution in [3.63, 3.8) is 0 Å². The number of carbonyl (C=O) groups is 2. The third-order valence-corrected chi connectivity index (χ3v) is 3.34. The van der Waals surface area contributed by atoms with Crippen molar-refractivity contribution < 1.29 is 14.7 Å². The topological polar surface area (TPSA) is 66.4 Å². The van der Waals surface area contributed by atoms with Crippen molar-refractivity contribution in [2.24, 2.45) is 5.92 Å². The number of hydrogen-bond acceptors (Lipinski definition) is 2. The van der Waals surface area contributed by atoms with Gasteiger partial charge < -0.3 is 10.4 Å².